The molecule has 0 radical (unpaired) electrons. The number of hydrogen-bond acceptors (Lipinski definition) is 3. The quantitative estimate of drug-likeness (QED) is 0.734. The zero-order valence-electron chi connectivity index (χ0n) is 7.06. The van der Waals surface area contributed by atoms with Crippen molar-refractivity contribution >= 4 is 22.2 Å². The molecular formula is C8H10BrN3O. The van der Waals surface area contributed by atoms with Crippen LogP contribution in [0.5, 0.6) is 0 Å². The van der Waals surface area contributed by atoms with Gasteiger partial charge in [0.1, 0.15) is 6.29 Å². The van der Waals surface area contributed by atoms with Gasteiger partial charge in [-0.15, -0.1) is 0 Å². The van der Waals surface area contributed by atoms with Gasteiger partial charge in [-0.25, -0.2) is 0 Å². The van der Waals surface area contributed by atoms with Crippen LogP contribution in [0.2, 0.25) is 0 Å². The maximum Gasteiger partial charge on any atom is 0.133 e. The van der Waals surface area contributed by atoms with Crippen molar-refractivity contribution < 1.29 is 4.79 Å². The fraction of sp³-hybridized carbons (Fsp3) is 0.500. The van der Waals surface area contributed by atoms with Crippen LogP contribution in [0.1, 0.15) is 6.04 Å². The van der Waals surface area contributed by atoms with E-state index in [1.54, 1.807) is 6.20 Å². The van der Waals surface area contributed by atoms with Crippen LogP contribution in [0.4, 0.5) is 0 Å². The van der Waals surface area contributed by atoms with E-state index in [0.29, 0.717) is 12.6 Å². The molecule has 4 nitrogen and oxygen atoms in total. The van der Waals surface area contributed by atoms with Gasteiger partial charge in [0.15, 0.2) is 0 Å². The summed E-state index contributed by atoms with van der Waals surface area (Å²) < 4.78 is 2.94. The lowest BCUT2D eigenvalue weighted by Crippen LogP contribution is -2.48. The van der Waals surface area contributed by atoms with E-state index in [1.807, 2.05) is 10.9 Å². The summed E-state index contributed by atoms with van der Waals surface area (Å²) in [6, 6.07) is 0.436. The Kier molecular flexibility index (Phi) is 2.46. The largest absolute Gasteiger partial charge is 0.302 e. The van der Waals surface area contributed by atoms with Gasteiger partial charge in [-0.3, -0.25) is 9.58 Å². The van der Waals surface area contributed by atoms with Gasteiger partial charge in [0.25, 0.3) is 0 Å². The van der Waals surface area contributed by atoms with Gasteiger partial charge in [-0.05, 0) is 15.9 Å². The molecule has 2 heterocycles. The number of carbonyl (C=O) groups is 1. The molecule has 0 amide bonds. The minimum atomic E-state index is 0.436. The van der Waals surface area contributed by atoms with E-state index in [4.69, 9.17) is 0 Å². The maximum atomic E-state index is 10.2. The molecule has 0 N–H and O–H groups in total. The Morgan fingerprint density at radius 2 is 2.46 bits per heavy atom. The summed E-state index contributed by atoms with van der Waals surface area (Å²) in [6.07, 6.45) is 4.68. The fourth-order valence-corrected chi connectivity index (χ4v) is 1.78. The molecule has 1 fully saturated rings. The van der Waals surface area contributed by atoms with Crippen molar-refractivity contribution in [2.45, 2.75) is 6.04 Å². The molecule has 1 saturated heterocycles. The van der Waals surface area contributed by atoms with Crippen LogP contribution in [0.25, 0.3) is 0 Å². The monoisotopic (exact) mass is 243 g/mol. The zero-order valence-corrected chi connectivity index (χ0v) is 8.64. The smallest absolute Gasteiger partial charge is 0.133 e. The predicted octanol–water partition coefficient (Wildman–Crippen LogP) is 0.701. The minimum Gasteiger partial charge on any atom is -0.302 e. The molecule has 0 spiro atoms. The second kappa shape index (κ2) is 3.59. The van der Waals surface area contributed by atoms with E-state index in [9.17, 15) is 4.79 Å². The molecule has 13 heavy (non-hydrogen) atoms. The first-order valence-electron chi connectivity index (χ1n) is 4.15. The first kappa shape index (κ1) is 8.90. The molecule has 0 saturated carbocycles. The van der Waals surface area contributed by atoms with Crippen LogP contribution in [-0.2, 0) is 4.79 Å². The van der Waals surface area contributed by atoms with Crippen molar-refractivity contribution in [2.75, 3.05) is 19.6 Å². The third kappa shape index (κ3) is 1.81. The lowest BCUT2D eigenvalue weighted by molar-refractivity contribution is -0.110. The maximum absolute atomic E-state index is 10.2. The third-order valence-corrected chi connectivity index (χ3v) is 2.62. The highest BCUT2D eigenvalue weighted by molar-refractivity contribution is 9.10. The molecule has 2 rings (SSSR count). The van der Waals surface area contributed by atoms with E-state index in [1.165, 1.54) is 0 Å². The van der Waals surface area contributed by atoms with Gasteiger partial charge in [0.05, 0.1) is 23.3 Å². The Labute approximate surface area is 84.6 Å². The number of hydrogen-bond donors (Lipinski definition) is 0. The van der Waals surface area contributed by atoms with E-state index in [0.717, 1.165) is 23.8 Å². The number of likely N-dealkylation sites (tertiary alicyclic amines) is 1. The summed E-state index contributed by atoms with van der Waals surface area (Å²) in [7, 11) is 0. The third-order valence-electron chi connectivity index (χ3n) is 2.21. The van der Waals surface area contributed by atoms with Crippen molar-refractivity contribution in [2.24, 2.45) is 0 Å². The summed E-state index contributed by atoms with van der Waals surface area (Å²) in [6.45, 7) is 2.39. The highest BCUT2D eigenvalue weighted by atomic mass is 79.9. The van der Waals surface area contributed by atoms with E-state index in [-0.39, 0.29) is 0 Å². The van der Waals surface area contributed by atoms with Gasteiger partial charge < -0.3 is 4.79 Å². The molecule has 1 aliphatic rings. The molecule has 0 unspecified atom stereocenters. The van der Waals surface area contributed by atoms with Crippen LogP contribution in [0.3, 0.4) is 0 Å². The number of nitrogens with zero attached hydrogens (tertiary/aromatic N) is 3. The average Bonchev–Trinajstić information content (AvgIpc) is 2.43. The van der Waals surface area contributed by atoms with Gasteiger partial charge in [-0.2, -0.15) is 5.10 Å². The summed E-state index contributed by atoms with van der Waals surface area (Å²) >= 11 is 3.35. The first-order chi connectivity index (χ1) is 6.29. The number of halogens is 1. The molecule has 0 aliphatic carbocycles. The summed E-state index contributed by atoms with van der Waals surface area (Å²) in [5.41, 5.74) is 0. The van der Waals surface area contributed by atoms with Crippen LogP contribution in [0, 0.1) is 0 Å². The van der Waals surface area contributed by atoms with Gasteiger partial charge in [-0.1, -0.05) is 0 Å². The summed E-state index contributed by atoms with van der Waals surface area (Å²) in [4.78, 5) is 12.3. The normalized spacial score (nSPS) is 18.5. The summed E-state index contributed by atoms with van der Waals surface area (Å²) in [5, 5.41) is 4.19. The summed E-state index contributed by atoms with van der Waals surface area (Å²) in [5.74, 6) is 0. The SMILES string of the molecule is O=CCN1CC(n2cc(Br)cn2)C1. The standard InChI is InChI=1S/C8H10BrN3O/c9-7-3-10-12(4-7)8-5-11(6-8)1-2-13/h2-4,8H,1,5-6H2. The molecule has 1 aliphatic heterocycles. The van der Waals surface area contributed by atoms with Crippen LogP contribution >= 0.6 is 15.9 Å². The molecule has 5 heteroatoms. The first-order valence-corrected chi connectivity index (χ1v) is 4.94. The number of rotatable bonds is 3. The van der Waals surface area contributed by atoms with Crippen LogP contribution < -0.4 is 0 Å². The minimum absolute atomic E-state index is 0.436. The van der Waals surface area contributed by atoms with Crippen LogP contribution in [-0.4, -0.2) is 40.6 Å². The van der Waals surface area contributed by atoms with Gasteiger partial charge in [0.2, 0.25) is 0 Å². The highest BCUT2D eigenvalue weighted by Gasteiger charge is 2.27. The molecule has 70 valence electrons. The Morgan fingerprint density at radius 1 is 1.69 bits per heavy atom. The van der Waals surface area contributed by atoms with Gasteiger partial charge in [0, 0.05) is 19.3 Å². The lowest BCUT2D eigenvalue weighted by atomic mass is 10.1. The van der Waals surface area contributed by atoms with Crippen molar-refractivity contribution in [3.63, 3.8) is 0 Å². The zero-order chi connectivity index (χ0) is 9.26. The van der Waals surface area contributed by atoms with Crippen molar-refractivity contribution in [3.05, 3.63) is 16.9 Å². The molecule has 1 aromatic rings. The highest BCUT2D eigenvalue weighted by Crippen LogP contribution is 2.20. The topological polar surface area (TPSA) is 38.1 Å². The Bertz CT molecular complexity index is 306. The molecule has 0 aromatic carbocycles. The number of carbonyl (C=O) groups excluding carboxylic acids is 1. The van der Waals surface area contributed by atoms with Crippen molar-refractivity contribution in [3.8, 4) is 0 Å². The molecule has 1 aromatic heterocycles. The second-order valence-corrected chi connectivity index (χ2v) is 4.09. The van der Waals surface area contributed by atoms with E-state index in [2.05, 4.69) is 25.9 Å². The van der Waals surface area contributed by atoms with Gasteiger partial charge >= 0.3 is 0 Å². The predicted molar refractivity (Wildman–Crippen MR) is 51.5 cm³/mol. The number of aromatic nitrogens is 2. The Morgan fingerprint density at radius 3 is 3.00 bits per heavy atom. The van der Waals surface area contributed by atoms with Crippen LogP contribution in [0.15, 0.2) is 16.9 Å². The molecular weight excluding hydrogens is 234 g/mol. The number of aldehydes is 1. The Balaban J connectivity index is 1.89. The van der Waals surface area contributed by atoms with E-state index < -0.39 is 0 Å². The van der Waals surface area contributed by atoms with E-state index >= 15 is 0 Å². The second-order valence-electron chi connectivity index (χ2n) is 3.18. The molecule has 0 bridgehead atoms. The lowest BCUT2D eigenvalue weighted by Gasteiger charge is -2.37. The Hall–Kier alpha value is -0.680. The van der Waals surface area contributed by atoms with Crippen molar-refractivity contribution in [1.82, 2.24) is 14.7 Å². The average molecular weight is 244 g/mol. The van der Waals surface area contributed by atoms with Crippen molar-refractivity contribution in [1.29, 1.82) is 0 Å². The fourth-order valence-electron chi connectivity index (χ4n) is 1.48. The molecule has 0 atom stereocenters.